The fourth-order valence-electron chi connectivity index (χ4n) is 2.43. The smallest absolute Gasteiger partial charge is 0.406 e. The third kappa shape index (κ3) is 5.84. The largest absolute Gasteiger partial charge is 0.573 e. The topological polar surface area (TPSA) is 119 Å². The van der Waals surface area contributed by atoms with E-state index in [9.17, 15) is 30.0 Å². The number of alkyl halides is 3. The number of benzene rings is 1. The van der Waals surface area contributed by atoms with Gasteiger partial charge in [-0.05, 0) is 42.5 Å². The molecule has 0 aliphatic heterocycles. The van der Waals surface area contributed by atoms with Gasteiger partial charge in [-0.3, -0.25) is 4.72 Å². The number of halogens is 3. The van der Waals surface area contributed by atoms with E-state index in [1.807, 2.05) is 0 Å². The number of rotatable bonds is 8. The van der Waals surface area contributed by atoms with E-state index in [0.29, 0.717) is 5.52 Å². The molecule has 2 aromatic heterocycles. The number of sulfonamides is 2. The Kier molecular flexibility index (Phi) is 5.92. The van der Waals surface area contributed by atoms with Crippen LogP contribution < -0.4 is 14.2 Å². The summed E-state index contributed by atoms with van der Waals surface area (Å²) in [6.45, 7) is -0.451. The van der Waals surface area contributed by atoms with E-state index in [4.69, 9.17) is 0 Å². The first-order valence-electron chi connectivity index (χ1n) is 8.23. The Labute approximate surface area is 169 Å². The molecule has 0 bridgehead atoms. The SMILES string of the molecule is O=S(=O)(CCNS(=O)(=O)c1ccc(OC(F)(F)F)cc1)Nc1ccn2nccc2c1. The molecule has 0 aliphatic rings. The lowest BCUT2D eigenvalue weighted by Gasteiger charge is -2.11. The number of hydrogen-bond donors (Lipinski definition) is 2. The highest BCUT2D eigenvalue weighted by atomic mass is 32.2. The zero-order chi connectivity index (χ0) is 22.0. The number of aromatic nitrogens is 2. The molecular weight excluding hydrogens is 449 g/mol. The number of pyridine rings is 1. The average Bonchev–Trinajstić information content (AvgIpc) is 3.07. The molecule has 9 nitrogen and oxygen atoms in total. The first-order valence-corrected chi connectivity index (χ1v) is 11.4. The van der Waals surface area contributed by atoms with Crippen LogP contribution in [0.4, 0.5) is 18.9 Å². The Morgan fingerprint density at radius 3 is 2.40 bits per heavy atom. The van der Waals surface area contributed by atoms with Gasteiger partial charge in [0.05, 0.1) is 21.9 Å². The van der Waals surface area contributed by atoms with Crippen molar-refractivity contribution in [2.45, 2.75) is 11.3 Å². The average molecular weight is 464 g/mol. The normalized spacial score (nSPS) is 12.8. The van der Waals surface area contributed by atoms with Crippen LogP contribution in [0.15, 0.2) is 59.8 Å². The Balaban J connectivity index is 1.58. The summed E-state index contributed by atoms with van der Waals surface area (Å²) in [5, 5.41) is 3.98. The maximum atomic E-state index is 12.2. The number of nitrogens with one attached hydrogen (secondary N) is 2. The van der Waals surface area contributed by atoms with Gasteiger partial charge in [-0.2, -0.15) is 5.10 Å². The van der Waals surface area contributed by atoms with E-state index in [1.54, 1.807) is 24.5 Å². The minimum absolute atomic E-state index is 0.283. The summed E-state index contributed by atoms with van der Waals surface area (Å²) < 4.78 is 94.8. The van der Waals surface area contributed by atoms with E-state index in [0.717, 1.165) is 24.3 Å². The van der Waals surface area contributed by atoms with Crippen molar-refractivity contribution in [3.8, 4) is 5.75 Å². The molecule has 0 saturated carbocycles. The van der Waals surface area contributed by atoms with Crippen LogP contribution in [0.2, 0.25) is 0 Å². The van der Waals surface area contributed by atoms with Gasteiger partial charge in [-0.15, -0.1) is 13.2 Å². The Morgan fingerprint density at radius 2 is 1.73 bits per heavy atom. The number of ether oxygens (including phenoxy) is 1. The van der Waals surface area contributed by atoms with E-state index in [2.05, 4.69) is 19.3 Å². The van der Waals surface area contributed by atoms with Gasteiger partial charge in [0.15, 0.2) is 0 Å². The van der Waals surface area contributed by atoms with Crippen LogP contribution >= 0.6 is 0 Å². The molecule has 0 fully saturated rings. The minimum Gasteiger partial charge on any atom is -0.406 e. The summed E-state index contributed by atoms with van der Waals surface area (Å²) in [6.07, 6.45) is -1.80. The fourth-order valence-corrected chi connectivity index (χ4v) is 4.55. The molecule has 0 unspecified atom stereocenters. The maximum Gasteiger partial charge on any atom is 0.573 e. The van der Waals surface area contributed by atoms with E-state index >= 15 is 0 Å². The van der Waals surface area contributed by atoms with Crippen LogP contribution in [0, 0.1) is 0 Å². The Morgan fingerprint density at radius 1 is 1.03 bits per heavy atom. The molecule has 0 atom stereocenters. The zero-order valence-corrected chi connectivity index (χ0v) is 16.6. The predicted molar refractivity (Wildman–Crippen MR) is 101 cm³/mol. The van der Waals surface area contributed by atoms with Gasteiger partial charge < -0.3 is 4.74 Å². The van der Waals surface area contributed by atoms with Crippen molar-refractivity contribution in [3.63, 3.8) is 0 Å². The number of nitrogens with zero attached hydrogens (tertiary/aromatic N) is 2. The van der Waals surface area contributed by atoms with Gasteiger partial charge in [0.25, 0.3) is 0 Å². The molecule has 0 amide bonds. The third-order valence-electron chi connectivity index (χ3n) is 3.70. The summed E-state index contributed by atoms with van der Waals surface area (Å²) >= 11 is 0. The van der Waals surface area contributed by atoms with E-state index in [1.165, 1.54) is 10.6 Å². The third-order valence-corrected chi connectivity index (χ3v) is 6.47. The van der Waals surface area contributed by atoms with Gasteiger partial charge in [-0.1, -0.05) is 0 Å². The van der Waals surface area contributed by atoms with Gasteiger partial charge in [-0.25, -0.2) is 26.1 Å². The molecule has 0 radical (unpaired) electrons. The quantitative estimate of drug-likeness (QED) is 0.526. The molecule has 0 aliphatic carbocycles. The highest BCUT2D eigenvalue weighted by molar-refractivity contribution is 7.92. The lowest BCUT2D eigenvalue weighted by Crippen LogP contribution is -2.31. The fraction of sp³-hybridized carbons (Fsp3) is 0.188. The highest BCUT2D eigenvalue weighted by Gasteiger charge is 2.31. The predicted octanol–water partition coefficient (Wildman–Crippen LogP) is 1.95. The molecule has 30 heavy (non-hydrogen) atoms. The minimum atomic E-state index is -4.90. The second kappa shape index (κ2) is 8.12. The van der Waals surface area contributed by atoms with Crippen LogP contribution in [0.3, 0.4) is 0 Å². The summed E-state index contributed by atoms with van der Waals surface area (Å²) in [5.74, 6) is -1.14. The first-order chi connectivity index (χ1) is 13.9. The monoisotopic (exact) mass is 464 g/mol. The Bertz CT molecular complexity index is 1240. The van der Waals surface area contributed by atoms with Crippen molar-refractivity contribution in [1.82, 2.24) is 14.3 Å². The molecular formula is C16H15F3N4O5S2. The van der Waals surface area contributed by atoms with Gasteiger partial charge >= 0.3 is 6.36 Å². The van der Waals surface area contributed by atoms with E-state index in [-0.39, 0.29) is 10.6 Å². The molecule has 1 aromatic carbocycles. The second-order valence-corrected chi connectivity index (χ2v) is 9.56. The molecule has 3 rings (SSSR count). The summed E-state index contributed by atoms with van der Waals surface area (Å²) in [7, 11) is -8.00. The molecule has 2 heterocycles. The van der Waals surface area contributed by atoms with Crippen molar-refractivity contribution in [1.29, 1.82) is 0 Å². The molecule has 3 aromatic rings. The molecule has 162 valence electrons. The summed E-state index contributed by atoms with van der Waals surface area (Å²) in [5.41, 5.74) is 0.944. The first kappa shape index (κ1) is 21.9. The van der Waals surface area contributed by atoms with Gasteiger partial charge in [0.1, 0.15) is 5.75 Å². The summed E-state index contributed by atoms with van der Waals surface area (Å²) in [6, 6.07) is 8.23. The van der Waals surface area contributed by atoms with Crippen LogP contribution in [-0.4, -0.2) is 45.1 Å². The van der Waals surface area contributed by atoms with Crippen molar-refractivity contribution in [2.75, 3.05) is 17.0 Å². The van der Waals surface area contributed by atoms with Gasteiger partial charge in [0, 0.05) is 18.9 Å². The summed E-state index contributed by atoms with van der Waals surface area (Å²) in [4.78, 5) is -0.339. The van der Waals surface area contributed by atoms with Crippen molar-refractivity contribution >= 4 is 31.3 Å². The maximum absolute atomic E-state index is 12.2. The van der Waals surface area contributed by atoms with Crippen LogP contribution in [-0.2, 0) is 20.0 Å². The molecule has 2 N–H and O–H groups in total. The number of anilines is 1. The lowest BCUT2D eigenvalue weighted by molar-refractivity contribution is -0.274. The van der Waals surface area contributed by atoms with Crippen LogP contribution in [0.5, 0.6) is 5.75 Å². The lowest BCUT2D eigenvalue weighted by atomic mass is 10.3. The van der Waals surface area contributed by atoms with Crippen LogP contribution in [0.1, 0.15) is 0 Å². The van der Waals surface area contributed by atoms with Crippen molar-refractivity contribution in [3.05, 3.63) is 54.9 Å². The van der Waals surface area contributed by atoms with Gasteiger partial charge in [0.2, 0.25) is 20.0 Å². The van der Waals surface area contributed by atoms with Crippen LogP contribution in [0.25, 0.3) is 5.52 Å². The highest BCUT2D eigenvalue weighted by Crippen LogP contribution is 2.23. The second-order valence-electron chi connectivity index (χ2n) is 5.95. The Hall–Kier alpha value is -2.84. The zero-order valence-electron chi connectivity index (χ0n) is 15.0. The number of fused-ring (bicyclic) bond motifs is 1. The van der Waals surface area contributed by atoms with Crippen molar-refractivity contribution in [2.24, 2.45) is 0 Å². The molecule has 14 heteroatoms. The standard InChI is InChI=1S/C16H15F3N4O5S2/c17-16(18,19)28-14-1-3-15(4-2-14)30(26,27)21-8-10-29(24,25)22-12-6-9-23-13(11-12)5-7-20-23/h1-7,9,11,21-22H,8,10H2. The molecule has 0 spiro atoms. The molecule has 0 saturated heterocycles. The number of hydrogen-bond acceptors (Lipinski definition) is 6. The van der Waals surface area contributed by atoms with Crippen molar-refractivity contribution < 1.29 is 34.7 Å². The van der Waals surface area contributed by atoms with E-state index < -0.39 is 44.5 Å².